The van der Waals surface area contributed by atoms with E-state index < -0.39 is 0 Å². The molecule has 142 valence electrons. The highest BCUT2D eigenvalue weighted by Crippen LogP contribution is 2.49. The molecule has 3 nitrogen and oxygen atoms in total. The van der Waals surface area contributed by atoms with E-state index in [1.54, 1.807) is 6.07 Å². The molecule has 2 aromatic carbocycles. The molecular weight excluding hydrogens is 358 g/mol. The molecule has 1 aliphatic carbocycles. The lowest BCUT2D eigenvalue weighted by Crippen LogP contribution is -2.52. The summed E-state index contributed by atoms with van der Waals surface area (Å²) >= 11 is 0. The fraction of sp³-hybridized carbons (Fsp3) is 0.348. The molecule has 27 heavy (non-hydrogen) atoms. The summed E-state index contributed by atoms with van der Waals surface area (Å²) in [5.74, 6) is 0.918. The monoisotopic (exact) mass is 383 g/mol. The number of phenolic OH excluding ortho intramolecular Hbond substituents is 1. The van der Waals surface area contributed by atoms with Crippen LogP contribution in [-0.4, -0.2) is 35.9 Å². The number of aromatic hydroxyl groups is 1. The minimum Gasteiger partial charge on any atom is -0.508 e. The van der Waals surface area contributed by atoms with Gasteiger partial charge >= 0.3 is 0 Å². The molecule has 0 bridgehead atoms. The minimum atomic E-state index is -0.156. The number of phenols is 1. The number of Topliss-reactive ketones (excluding diaryl/α,β-unsaturated/α-hetero) is 1. The average molecular weight is 384 g/mol. The van der Waals surface area contributed by atoms with Gasteiger partial charge in [0, 0.05) is 18.4 Å². The molecule has 1 saturated heterocycles. The van der Waals surface area contributed by atoms with Crippen molar-refractivity contribution in [1.29, 1.82) is 0 Å². The minimum absolute atomic E-state index is 0. The third-order valence-corrected chi connectivity index (χ3v) is 6.12. The number of allylic oxidation sites excluding steroid dienone is 1. The van der Waals surface area contributed by atoms with Crippen LogP contribution in [-0.2, 0) is 10.2 Å². The van der Waals surface area contributed by atoms with Gasteiger partial charge in [0.05, 0.1) is 0 Å². The Morgan fingerprint density at radius 1 is 1.15 bits per heavy atom. The SMILES string of the molecule is CN1CC[C@@]2(c3cccc(O)c3)CC(=O)/C(=C/c3ccccc3)C[C@@H]2C1.Cl. The zero-order valence-electron chi connectivity index (χ0n) is 15.6. The lowest BCUT2D eigenvalue weighted by atomic mass is 9.58. The molecule has 0 unspecified atom stereocenters. The van der Waals surface area contributed by atoms with Gasteiger partial charge < -0.3 is 10.0 Å². The summed E-state index contributed by atoms with van der Waals surface area (Å²) in [7, 11) is 2.16. The maximum atomic E-state index is 13.1. The molecule has 0 radical (unpaired) electrons. The maximum Gasteiger partial charge on any atom is 0.159 e. The van der Waals surface area contributed by atoms with Crippen LogP contribution in [0, 0.1) is 5.92 Å². The standard InChI is InChI=1S/C23H25NO2.ClH/c1-24-11-10-23(19-8-5-9-21(25)14-19)15-22(26)18(13-20(23)16-24)12-17-6-3-2-4-7-17;/h2-9,12,14,20,25H,10-11,13,15-16H2,1H3;1H/b18-12+;/t20-,23+;/m1./s1. The van der Waals surface area contributed by atoms with Crippen LogP contribution < -0.4 is 0 Å². The maximum absolute atomic E-state index is 13.1. The van der Waals surface area contributed by atoms with Gasteiger partial charge in [-0.15, -0.1) is 12.4 Å². The molecule has 2 fully saturated rings. The highest BCUT2D eigenvalue weighted by molar-refractivity contribution is 6.01. The van der Waals surface area contributed by atoms with Crippen molar-refractivity contribution >= 4 is 24.3 Å². The van der Waals surface area contributed by atoms with E-state index in [0.29, 0.717) is 12.3 Å². The fourth-order valence-corrected chi connectivity index (χ4v) is 4.70. The molecule has 0 spiro atoms. The highest BCUT2D eigenvalue weighted by Gasteiger charge is 2.48. The molecule has 1 heterocycles. The Hall–Kier alpha value is -2.10. The average Bonchev–Trinajstić information content (AvgIpc) is 2.64. The van der Waals surface area contributed by atoms with Crippen molar-refractivity contribution in [3.8, 4) is 5.75 Å². The first kappa shape index (κ1) is 19.7. The Kier molecular flexibility index (Phi) is 5.73. The van der Waals surface area contributed by atoms with E-state index in [9.17, 15) is 9.90 Å². The second-order valence-corrected chi connectivity index (χ2v) is 7.80. The van der Waals surface area contributed by atoms with Crippen molar-refractivity contribution < 1.29 is 9.90 Å². The van der Waals surface area contributed by atoms with Crippen LogP contribution in [0.15, 0.2) is 60.2 Å². The Morgan fingerprint density at radius 3 is 2.67 bits per heavy atom. The smallest absolute Gasteiger partial charge is 0.159 e. The van der Waals surface area contributed by atoms with Crippen LogP contribution in [0.5, 0.6) is 5.75 Å². The molecule has 2 atom stereocenters. The van der Waals surface area contributed by atoms with Crippen LogP contribution in [0.2, 0.25) is 0 Å². The number of ketones is 1. The van der Waals surface area contributed by atoms with Gasteiger partial charge in [0.2, 0.25) is 0 Å². The number of piperidine rings is 1. The Balaban J connectivity index is 0.00000210. The number of carbonyl (C=O) groups is 1. The first-order valence-electron chi connectivity index (χ1n) is 9.34. The summed E-state index contributed by atoms with van der Waals surface area (Å²) in [5, 5.41) is 9.99. The van der Waals surface area contributed by atoms with Crippen molar-refractivity contribution in [1.82, 2.24) is 4.90 Å². The van der Waals surface area contributed by atoms with Crippen molar-refractivity contribution in [2.45, 2.75) is 24.7 Å². The lowest BCUT2D eigenvalue weighted by Gasteiger charge is -2.50. The van der Waals surface area contributed by atoms with Gasteiger partial charge in [0.1, 0.15) is 5.75 Å². The van der Waals surface area contributed by atoms with Crippen LogP contribution in [0.4, 0.5) is 0 Å². The summed E-state index contributed by atoms with van der Waals surface area (Å²) in [6.45, 7) is 1.96. The first-order chi connectivity index (χ1) is 12.6. The van der Waals surface area contributed by atoms with E-state index in [-0.39, 0.29) is 29.4 Å². The van der Waals surface area contributed by atoms with Crippen molar-refractivity contribution in [3.05, 3.63) is 71.3 Å². The van der Waals surface area contributed by atoms with Crippen molar-refractivity contribution in [2.75, 3.05) is 20.1 Å². The molecule has 1 saturated carbocycles. The largest absolute Gasteiger partial charge is 0.508 e. The Morgan fingerprint density at radius 2 is 1.93 bits per heavy atom. The van der Waals surface area contributed by atoms with Crippen LogP contribution >= 0.6 is 12.4 Å². The summed E-state index contributed by atoms with van der Waals surface area (Å²) in [6.07, 6.45) is 4.35. The number of hydrogen-bond acceptors (Lipinski definition) is 3. The molecule has 2 aromatic rings. The molecule has 2 aliphatic rings. The van der Waals surface area contributed by atoms with E-state index in [0.717, 1.165) is 42.6 Å². The van der Waals surface area contributed by atoms with Crippen LogP contribution in [0.1, 0.15) is 30.4 Å². The number of nitrogens with zero attached hydrogens (tertiary/aromatic N) is 1. The number of benzene rings is 2. The van der Waals surface area contributed by atoms with Gasteiger partial charge in [-0.3, -0.25) is 4.79 Å². The topological polar surface area (TPSA) is 40.5 Å². The van der Waals surface area contributed by atoms with E-state index in [1.807, 2.05) is 42.5 Å². The predicted octanol–water partition coefficient (Wildman–Crippen LogP) is 4.45. The van der Waals surface area contributed by atoms with Crippen molar-refractivity contribution in [3.63, 3.8) is 0 Å². The van der Waals surface area contributed by atoms with Gasteiger partial charge in [0.25, 0.3) is 0 Å². The number of fused-ring (bicyclic) bond motifs is 1. The van der Waals surface area contributed by atoms with E-state index >= 15 is 0 Å². The Bertz CT molecular complexity index is 848. The number of likely N-dealkylation sites (tertiary alicyclic amines) is 1. The zero-order chi connectivity index (χ0) is 18.1. The summed E-state index contributed by atoms with van der Waals surface area (Å²) < 4.78 is 0. The van der Waals surface area contributed by atoms with E-state index in [2.05, 4.69) is 24.1 Å². The van der Waals surface area contributed by atoms with Gasteiger partial charge in [0.15, 0.2) is 5.78 Å². The third kappa shape index (κ3) is 3.80. The van der Waals surface area contributed by atoms with Gasteiger partial charge in [-0.2, -0.15) is 0 Å². The number of rotatable bonds is 2. The second-order valence-electron chi connectivity index (χ2n) is 7.80. The molecule has 0 amide bonds. The number of hydrogen-bond donors (Lipinski definition) is 1. The second kappa shape index (κ2) is 7.87. The van der Waals surface area contributed by atoms with Gasteiger partial charge in [-0.1, -0.05) is 42.5 Å². The molecule has 0 aromatic heterocycles. The predicted molar refractivity (Wildman–Crippen MR) is 111 cm³/mol. The fourth-order valence-electron chi connectivity index (χ4n) is 4.70. The lowest BCUT2D eigenvalue weighted by molar-refractivity contribution is -0.120. The molecule has 4 heteroatoms. The van der Waals surface area contributed by atoms with Crippen LogP contribution in [0.25, 0.3) is 6.08 Å². The summed E-state index contributed by atoms with van der Waals surface area (Å²) in [6, 6.07) is 17.6. The summed E-state index contributed by atoms with van der Waals surface area (Å²) in [4.78, 5) is 15.4. The van der Waals surface area contributed by atoms with Crippen LogP contribution in [0.3, 0.4) is 0 Å². The van der Waals surface area contributed by atoms with Gasteiger partial charge in [-0.25, -0.2) is 0 Å². The molecule has 1 N–H and O–H groups in total. The zero-order valence-corrected chi connectivity index (χ0v) is 16.4. The molecule has 4 rings (SSSR count). The summed E-state index contributed by atoms with van der Waals surface area (Å²) in [5.41, 5.74) is 2.98. The van der Waals surface area contributed by atoms with E-state index in [1.165, 1.54) is 0 Å². The van der Waals surface area contributed by atoms with Gasteiger partial charge in [-0.05, 0) is 67.3 Å². The Labute approximate surface area is 167 Å². The first-order valence-corrected chi connectivity index (χ1v) is 9.34. The molecule has 1 aliphatic heterocycles. The number of halogens is 1. The third-order valence-electron chi connectivity index (χ3n) is 6.12. The van der Waals surface area contributed by atoms with Crippen molar-refractivity contribution in [2.24, 2.45) is 5.92 Å². The quantitative estimate of drug-likeness (QED) is 0.779. The normalized spacial score (nSPS) is 27.1. The molecular formula is C23H26ClNO2. The highest BCUT2D eigenvalue weighted by atomic mass is 35.5. The number of carbonyl (C=O) groups excluding carboxylic acids is 1. The van der Waals surface area contributed by atoms with E-state index in [4.69, 9.17) is 0 Å².